The van der Waals surface area contributed by atoms with Gasteiger partial charge in [-0.2, -0.15) is 5.26 Å². The molecular formula is C25H23N3O6S. The molecule has 0 radical (unpaired) electrons. The molecule has 2 aliphatic rings. The van der Waals surface area contributed by atoms with Gasteiger partial charge in [0.15, 0.2) is 9.84 Å². The third-order valence-corrected chi connectivity index (χ3v) is 8.28. The smallest absolute Gasteiger partial charge is 0.355 e. The standard InChI is InChI=1S/C25H23N3O6S/c1-33-24(29)21-20(15-6-4-3-5-7-15)19(14-26)23(27)28(22(21)25(30)34-2)16-8-10-17(11-9-16)35(31,32)18-12-13-18/h3-11,18,20H,12-13,27H2,1-2H3. The minimum absolute atomic E-state index is 0.0268. The predicted octanol–water partition coefficient (Wildman–Crippen LogP) is 2.52. The lowest BCUT2D eigenvalue weighted by molar-refractivity contribution is -0.139. The van der Waals surface area contributed by atoms with Gasteiger partial charge < -0.3 is 15.2 Å². The van der Waals surface area contributed by atoms with Crippen LogP contribution in [0.4, 0.5) is 5.69 Å². The number of anilines is 1. The Morgan fingerprint density at radius 1 is 1.00 bits per heavy atom. The van der Waals surface area contributed by atoms with Gasteiger partial charge in [0.05, 0.1) is 47.5 Å². The van der Waals surface area contributed by atoms with Crippen LogP contribution in [0.25, 0.3) is 0 Å². The fourth-order valence-electron chi connectivity index (χ4n) is 4.14. The van der Waals surface area contributed by atoms with Crippen molar-refractivity contribution in [2.75, 3.05) is 19.1 Å². The first-order chi connectivity index (χ1) is 16.8. The average molecular weight is 494 g/mol. The second-order valence-corrected chi connectivity index (χ2v) is 10.3. The van der Waals surface area contributed by atoms with Gasteiger partial charge in [-0.3, -0.25) is 4.90 Å². The van der Waals surface area contributed by atoms with Crippen molar-refractivity contribution in [2.45, 2.75) is 28.9 Å². The lowest BCUT2D eigenvalue weighted by atomic mass is 9.81. The quantitative estimate of drug-likeness (QED) is 0.601. The molecule has 1 heterocycles. The van der Waals surface area contributed by atoms with Crippen molar-refractivity contribution in [1.29, 1.82) is 5.26 Å². The van der Waals surface area contributed by atoms with E-state index in [0.717, 1.165) is 7.11 Å². The van der Waals surface area contributed by atoms with E-state index in [-0.39, 0.29) is 38.5 Å². The summed E-state index contributed by atoms with van der Waals surface area (Å²) in [6, 6.07) is 16.5. The number of sulfone groups is 1. The van der Waals surface area contributed by atoms with Crippen LogP contribution in [-0.4, -0.2) is 39.8 Å². The van der Waals surface area contributed by atoms with Gasteiger partial charge in [0.2, 0.25) is 0 Å². The van der Waals surface area contributed by atoms with Crippen LogP contribution in [0.2, 0.25) is 0 Å². The maximum Gasteiger partial charge on any atom is 0.355 e. The molecule has 1 unspecified atom stereocenters. The predicted molar refractivity (Wildman–Crippen MR) is 126 cm³/mol. The van der Waals surface area contributed by atoms with Crippen molar-refractivity contribution in [3.63, 3.8) is 0 Å². The van der Waals surface area contributed by atoms with Crippen LogP contribution in [0.1, 0.15) is 24.3 Å². The van der Waals surface area contributed by atoms with Crippen LogP contribution in [-0.2, 0) is 28.9 Å². The molecule has 1 aliphatic heterocycles. The number of carbonyl (C=O) groups is 2. The topological polar surface area (TPSA) is 140 Å². The molecule has 10 heteroatoms. The summed E-state index contributed by atoms with van der Waals surface area (Å²) in [5.74, 6) is -2.78. The molecule has 2 aromatic carbocycles. The van der Waals surface area contributed by atoms with Gasteiger partial charge in [-0.05, 0) is 42.7 Å². The Kier molecular flexibility index (Phi) is 6.37. The van der Waals surface area contributed by atoms with Crippen LogP contribution in [0, 0.1) is 11.3 Å². The van der Waals surface area contributed by atoms with Crippen LogP contribution < -0.4 is 10.6 Å². The number of carbonyl (C=O) groups excluding carboxylic acids is 2. The number of nitrogens with zero attached hydrogens (tertiary/aromatic N) is 2. The normalized spacial score (nSPS) is 18.2. The Balaban J connectivity index is 1.95. The molecule has 180 valence electrons. The molecule has 0 bridgehead atoms. The van der Waals surface area contributed by atoms with Crippen LogP contribution in [0.15, 0.2) is 82.2 Å². The third-order valence-electron chi connectivity index (χ3n) is 6.00. The summed E-state index contributed by atoms with van der Waals surface area (Å²) in [5, 5.41) is 9.66. The number of methoxy groups -OCH3 is 2. The lowest BCUT2D eigenvalue weighted by Crippen LogP contribution is -2.40. The summed E-state index contributed by atoms with van der Waals surface area (Å²) in [6.45, 7) is 0. The number of hydrogen-bond donors (Lipinski definition) is 1. The molecule has 0 aromatic heterocycles. The average Bonchev–Trinajstić information content (AvgIpc) is 3.74. The summed E-state index contributed by atoms with van der Waals surface area (Å²) in [4.78, 5) is 27.4. The zero-order valence-electron chi connectivity index (χ0n) is 19.1. The zero-order chi connectivity index (χ0) is 25.3. The molecule has 9 nitrogen and oxygen atoms in total. The summed E-state index contributed by atoms with van der Waals surface area (Å²) < 4.78 is 35.2. The van der Waals surface area contributed by atoms with Crippen molar-refractivity contribution >= 4 is 27.5 Å². The molecule has 0 saturated heterocycles. The number of nitrogens with two attached hydrogens (primary N) is 1. The van der Waals surface area contributed by atoms with E-state index in [0.29, 0.717) is 18.4 Å². The maximum absolute atomic E-state index is 13.0. The minimum atomic E-state index is -3.44. The molecule has 1 saturated carbocycles. The third kappa shape index (κ3) is 4.15. The molecule has 1 atom stereocenters. The highest BCUT2D eigenvalue weighted by molar-refractivity contribution is 7.92. The Morgan fingerprint density at radius 2 is 1.60 bits per heavy atom. The van der Waals surface area contributed by atoms with E-state index in [1.807, 2.05) is 0 Å². The van der Waals surface area contributed by atoms with E-state index in [4.69, 9.17) is 15.2 Å². The number of esters is 2. The Labute approximate surface area is 203 Å². The van der Waals surface area contributed by atoms with Crippen molar-refractivity contribution in [2.24, 2.45) is 5.73 Å². The highest BCUT2D eigenvalue weighted by Crippen LogP contribution is 2.43. The van der Waals surface area contributed by atoms with E-state index in [9.17, 15) is 23.3 Å². The van der Waals surface area contributed by atoms with Crippen molar-refractivity contribution < 1.29 is 27.5 Å². The number of ether oxygens (including phenoxy) is 2. The molecule has 35 heavy (non-hydrogen) atoms. The minimum Gasteiger partial charge on any atom is -0.466 e. The Morgan fingerprint density at radius 3 is 2.11 bits per heavy atom. The maximum atomic E-state index is 13.0. The van der Waals surface area contributed by atoms with Crippen molar-refractivity contribution in [1.82, 2.24) is 0 Å². The number of allylic oxidation sites excluding steroid dienone is 1. The molecule has 2 aromatic rings. The molecule has 1 aliphatic carbocycles. The Bertz CT molecular complexity index is 1380. The molecule has 4 rings (SSSR count). The fourth-order valence-corrected chi connectivity index (χ4v) is 5.79. The van der Waals surface area contributed by atoms with E-state index < -0.39 is 27.7 Å². The van der Waals surface area contributed by atoms with Gasteiger partial charge in [-0.15, -0.1) is 0 Å². The number of benzene rings is 2. The van der Waals surface area contributed by atoms with Crippen LogP contribution in [0.5, 0.6) is 0 Å². The van der Waals surface area contributed by atoms with E-state index >= 15 is 0 Å². The number of rotatable bonds is 6. The summed E-state index contributed by atoms with van der Waals surface area (Å²) in [6.07, 6.45) is 1.24. The van der Waals surface area contributed by atoms with Gasteiger partial charge in [0.1, 0.15) is 11.5 Å². The second-order valence-electron chi connectivity index (χ2n) is 8.07. The molecular weight excluding hydrogens is 470 g/mol. The van der Waals surface area contributed by atoms with Crippen LogP contribution in [0.3, 0.4) is 0 Å². The van der Waals surface area contributed by atoms with E-state index in [1.165, 1.54) is 36.3 Å². The molecule has 2 N–H and O–H groups in total. The number of hydrogen-bond acceptors (Lipinski definition) is 9. The molecule has 0 spiro atoms. The SMILES string of the molecule is COC(=O)C1=C(C(=O)OC)N(c2ccc(S(=O)(=O)C3CC3)cc2)C(N)=C(C#N)C1c1ccccc1. The monoisotopic (exact) mass is 493 g/mol. The summed E-state index contributed by atoms with van der Waals surface area (Å²) in [5.41, 5.74) is 6.95. The highest BCUT2D eigenvalue weighted by atomic mass is 32.2. The van der Waals surface area contributed by atoms with E-state index in [2.05, 4.69) is 6.07 Å². The van der Waals surface area contributed by atoms with Crippen molar-refractivity contribution in [3.8, 4) is 6.07 Å². The van der Waals surface area contributed by atoms with Gasteiger partial charge in [0, 0.05) is 5.69 Å². The highest BCUT2D eigenvalue weighted by Gasteiger charge is 2.43. The molecule has 1 fully saturated rings. The summed E-state index contributed by atoms with van der Waals surface area (Å²) in [7, 11) is -1.12. The lowest BCUT2D eigenvalue weighted by Gasteiger charge is -2.35. The first-order valence-corrected chi connectivity index (χ1v) is 12.3. The van der Waals surface area contributed by atoms with Gasteiger partial charge >= 0.3 is 11.9 Å². The summed E-state index contributed by atoms with van der Waals surface area (Å²) >= 11 is 0. The number of nitriles is 1. The van der Waals surface area contributed by atoms with Crippen LogP contribution >= 0.6 is 0 Å². The second kappa shape index (κ2) is 9.27. The first kappa shape index (κ1) is 24.0. The first-order valence-electron chi connectivity index (χ1n) is 10.8. The largest absolute Gasteiger partial charge is 0.466 e. The van der Waals surface area contributed by atoms with Crippen molar-refractivity contribution in [3.05, 3.63) is 82.8 Å². The van der Waals surface area contributed by atoms with E-state index in [1.54, 1.807) is 30.3 Å². The van der Waals surface area contributed by atoms with Gasteiger partial charge in [-0.25, -0.2) is 18.0 Å². The van der Waals surface area contributed by atoms with Gasteiger partial charge in [0.25, 0.3) is 0 Å². The fraction of sp³-hybridized carbons (Fsp3) is 0.240. The zero-order valence-corrected chi connectivity index (χ0v) is 19.9. The molecule has 0 amide bonds. The Hall–Kier alpha value is -4.10. The van der Waals surface area contributed by atoms with Gasteiger partial charge in [-0.1, -0.05) is 30.3 Å².